The summed E-state index contributed by atoms with van der Waals surface area (Å²) >= 11 is 0. The molecule has 2 aromatic rings. The summed E-state index contributed by atoms with van der Waals surface area (Å²) in [7, 11) is 2.17. The third kappa shape index (κ3) is 3.06. The number of likely N-dealkylation sites (N-methyl/N-ethyl adjacent to an activating group) is 1. The lowest BCUT2D eigenvalue weighted by atomic mass is 9.96. The highest BCUT2D eigenvalue weighted by atomic mass is 15.5. The lowest BCUT2D eigenvalue weighted by molar-refractivity contribution is 0.192. The van der Waals surface area contributed by atoms with E-state index < -0.39 is 0 Å². The number of nitrogens with zero attached hydrogens (tertiary/aromatic N) is 7. The minimum Gasteiger partial charge on any atom is -0.352 e. The van der Waals surface area contributed by atoms with Crippen molar-refractivity contribution in [2.24, 2.45) is 0 Å². The summed E-state index contributed by atoms with van der Waals surface area (Å²) in [6.07, 6.45) is 8.23. The topological polar surface area (TPSA) is 63.0 Å². The van der Waals surface area contributed by atoms with Crippen LogP contribution < -0.4 is 4.90 Å². The number of aromatic nitrogens is 5. The van der Waals surface area contributed by atoms with Gasteiger partial charge < -0.3 is 4.90 Å². The van der Waals surface area contributed by atoms with Crippen LogP contribution in [0.25, 0.3) is 0 Å². The third-order valence-electron chi connectivity index (χ3n) is 4.99. The van der Waals surface area contributed by atoms with Crippen molar-refractivity contribution < 1.29 is 0 Å². The minimum atomic E-state index is 0.573. The van der Waals surface area contributed by atoms with Gasteiger partial charge in [-0.1, -0.05) is 0 Å². The second-order valence-corrected chi connectivity index (χ2v) is 6.55. The van der Waals surface area contributed by atoms with Crippen LogP contribution in [0.4, 0.5) is 5.82 Å². The molecule has 0 radical (unpaired) electrons. The predicted molar refractivity (Wildman–Crippen MR) is 87.3 cm³/mol. The number of hydrogen-bond donors (Lipinski definition) is 0. The summed E-state index contributed by atoms with van der Waals surface area (Å²) in [4.78, 5) is 6.45. The monoisotopic (exact) mass is 313 g/mol. The second-order valence-electron chi connectivity index (χ2n) is 6.55. The maximum Gasteiger partial charge on any atom is 0.151 e. The first-order valence-electron chi connectivity index (χ1n) is 8.44. The maximum absolute atomic E-state index is 4.44. The van der Waals surface area contributed by atoms with E-state index in [2.05, 4.69) is 43.3 Å². The normalized spacial score (nSPS) is 18.1. The van der Waals surface area contributed by atoms with Gasteiger partial charge in [0.2, 0.25) is 0 Å². The summed E-state index contributed by atoms with van der Waals surface area (Å²) in [5, 5.41) is 17.2. The van der Waals surface area contributed by atoms with Gasteiger partial charge in [-0.25, -0.2) is 0 Å². The van der Waals surface area contributed by atoms with Crippen LogP contribution in [0.1, 0.15) is 24.1 Å². The van der Waals surface area contributed by atoms with Crippen molar-refractivity contribution >= 4 is 5.82 Å². The highest BCUT2D eigenvalue weighted by molar-refractivity contribution is 5.45. The molecule has 0 aromatic carbocycles. The summed E-state index contributed by atoms with van der Waals surface area (Å²) in [5.74, 6) is 1.05. The molecule has 0 saturated carbocycles. The van der Waals surface area contributed by atoms with Crippen LogP contribution in [-0.2, 0) is 19.4 Å². The van der Waals surface area contributed by atoms with Crippen LogP contribution in [0.15, 0.2) is 18.5 Å². The Labute approximate surface area is 136 Å². The number of hydrogen-bond acceptors (Lipinski definition) is 6. The summed E-state index contributed by atoms with van der Waals surface area (Å²) in [6.45, 7) is 3.84. The standard InChI is InChI=1S/C16H23N7/c1-21(8-9-23-17-6-7-18-23)14-11-22(12-14)16-10-13-4-2-3-5-15(13)19-20-16/h6-7,10,14H,2-5,8-9,11-12H2,1H3. The van der Waals surface area contributed by atoms with Gasteiger partial charge in [-0.05, 0) is 44.4 Å². The van der Waals surface area contributed by atoms with Crippen molar-refractivity contribution in [1.82, 2.24) is 30.1 Å². The number of fused-ring (bicyclic) bond motifs is 1. The second kappa shape index (κ2) is 6.23. The SMILES string of the molecule is CN(CCn1nccn1)C1CN(c2cc3c(nn2)CCCC3)C1. The average molecular weight is 313 g/mol. The molecule has 0 bridgehead atoms. The van der Waals surface area contributed by atoms with E-state index in [0.717, 1.165) is 44.8 Å². The molecule has 23 heavy (non-hydrogen) atoms. The van der Waals surface area contributed by atoms with E-state index in [1.807, 2.05) is 0 Å². The van der Waals surface area contributed by atoms with Gasteiger partial charge in [0.05, 0.1) is 24.6 Å². The summed E-state index contributed by atoms with van der Waals surface area (Å²) in [6, 6.07) is 2.83. The molecular formula is C16H23N7. The molecule has 0 atom stereocenters. The van der Waals surface area contributed by atoms with E-state index in [-0.39, 0.29) is 0 Å². The van der Waals surface area contributed by atoms with Gasteiger partial charge in [-0.3, -0.25) is 4.90 Å². The van der Waals surface area contributed by atoms with E-state index in [1.54, 1.807) is 17.2 Å². The third-order valence-corrected chi connectivity index (χ3v) is 4.99. The molecule has 1 aliphatic carbocycles. The van der Waals surface area contributed by atoms with E-state index in [1.165, 1.54) is 24.1 Å². The van der Waals surface area contributed by atoms with Crippen molar-refractivity contribution in [1.29, 1.82) is 0 Å². The molecule has 1 aliphatic heterocycles. The van der Waals surface area contributed by atoms with Crippen LogP contribution in [0.2, 0.25) is 0 Å². The van der Waals surface area contributed by atoms with Gasteiger partial charge in [-0.15, -0.1) is 5.10 Å². The van der Waals surface area contributed by atoms with Crippen molar-refractivity contribution in [3.05, 3.63) is 29.7 Å². The van der Waals surface area contributed by atoms with Crippen LogP contribution in [-0.4, -0.2) is 62.8 Å². The van der Waals surface area contributed by atoms with Gasteiger partial charge >= 0.3 is 0 Å². The Morgan fingerprint density at radius 1 is 1.13 bits per heavy atom. The summed E-state index contributed by atoms with van der Waals surface area (Å²) < 4.78 is 0. The van der Waals surface area contributed by atoms with Gasteiger partial charge in [-0.2, -0.15) is 20.1 Å². The van der Waals surface area contributed by atoms with Crippen molar-refractivity contribution in [2.75, 3.05) is 31.6 Å². The molecule has 122 valence electrons. The zero-order chi connectivity index (χ0) is 15.6. The van der Waals surface area contributed by atoms with Gasteiger partial charge in [0, 0.05) is 25.7 Å². The van der Waals surface area contributed by atoms with Crippen molar-refractivity contribution in [2.45, 2.75) is 38.3 Å². The quantitative estimate of drug-likeness (QED) is 0.812. The number of rotatable bonds is 5. The van der Waals surface area contributed by atoms with Crippen LogP contribution in [0.5, 0.6) is 0 Å². The number of anilines is 1. The Kier molecular flexibility index (Phi) is 3.95. The van der Waals surface area contributed by atoms with Crippen LogP contribution in [0, 0.1) is 0 Å². The maximum atomic E-state index is 4.44. The minimum absolute atomic E-state index is 0.573. The highest BCUT2D eigenvalue weighted by Gasteiger charge is 2.31. The molecular weight excluding hydrogens is 290 g/mol. The van der Waals surface area contributed by atoms with Gasteiger partial charge in [0.25, 0.3) is 0 Å². The molecule has 4 rings (SSSR count). The number of aryl methyl sites for hydroxylation is 2. The van der Waals surface area contributed by atoms with E-state index >= 15 is 0 Å². The zero-order valence-corrected chi connectivity index (χ0v) is 13.6. The van der Waals surface area contributed by atoms with E-state index in [4.69, 9.17) is 0 Å². The average Bonchev–Trinajstić information content (AvgIpc) is 3.05. The Balaban J connectivity index is 1.30. The molecule has 0 amide bonds. The molecule has 1 saturated heterocycles. The first-order valence-corrected chi connectivity index (χ1v) is 8.44. The van der Waals surface area contributed by atoms with E-state index in [0.29, 0.717) is 6.04 Å². The van der Waals surface area contributed by atoms with E-state index in [9.17, 15) is 0 Å². The lowest BCUT2D eigenvalue weighted by Crippen LogP contribution is -2.59. The molecule has 0 N–H and O–H groups in total. The first-order chi connectivity index (χ1) is 11.3. The smallest absolute Gasteiger partial charge is 0.151 e. The Bertz CT molecular complexity index is 648. The van der Waals surface area contributed by atoms with Gasteiger partial charge in [0.15, 0.2) is 5.82 Å². The zero-order valence-electron chi connectivity index (χ0n) is 13.6. The fraction of sp³-hybridized carbons (Fsp3) is 0.625. The molecule has 0 spiro atoms. The first kappa shape index (κ1) is 14.6. The predicted octanol–water partition coefficient (Wildman–Crippen LogP) is 0.767. The molecule has 0 unspecified atom stereocenters. The lowest BCUT2D eigenvalue weighted by Gasteiger charge is -2.44. The molecule has 7 heteroatoms. The fourth-order valence-electron chi connectivity index (χ4n) is 3.34. The largest absolute Gasteiger partial charge is 0.352 e. The van der Waals surface area contributed by atoms with Crippen LogP contribution in [0.3, 0.4) is 0 Å². The Morgan fingerprint density at radius 3 is 2.74 bits per heavy atom. The van der Waals surface area contributed by atoms with Gasteiger partial charge in [0.1, 0.15) is 0 Å². The molecule has 2 aromatic heterocycles. The molecule has 2 aliphatic rings. The van der Waals surface area contributed by atoms with Crippen molar-refractivity contribution in [3.63, 3.8) is 0 Å². The highest BCUT2D eigenvalue weighted by Crippen LogP contribution is 2.25. The Hall–Kier alpha value is -2.02. The van der Waals surface area contributed by atoms with Crippen molar-refractivity contribution in [3.8, 4) is 0 Å². The molecule has 3 heterocycles. The van der Waals surface area contributed by atoms with Crippen LogP contribution >= 0.6 is 0 Å². The molecule has 1 fully saturated rings. The fourth-order valence-corrected chi connectivity index (χ4v) is 3.34. The summed E-state index contributed by atoms with van der Waals surface area (Å²) in [5.41, 5.74) is 2.61. The Morgan fingerprint density at radius 2 is 1.91 bits per heavy atom. The molecule has 7 nitrogen and oxygen atoms in total.